The lowest BCUT2D eigenvalue weighted by Crippen LogP contribution is -2.48. The van der Waals surface area contributed by atoms with Crippen LogP contribution in [0.15, 0.2) is 54.9 Å². The molecule has 0 spiro atoms. The Morgan fingerprint density at radius 3 is 2.48 bits per heavy atom. The van der Waals surface area contributed by atoms with Gasteiger partial charge in [-0.15, -0.1) is 0 Å². The zero-order valence-corrected chi connectivity index (χ0v) is 14.5. The zero-order valence-electron chi connectivity index (χ0n) is 14.5. The summed E-state index contributed by atoms with van der Waals surface area (Å²) >= 11 is 0. The van der Waals surface area contributed by atoms with Crippen LogP contribution in [0.2, 0.25) is 0 Å². The van der Waals surface area contributed by atoms with Crippen molar-refractivity contribution in [2.45, 2.75) is 32.9 Å². The van der Waals surface area contributed by atoms with Crippen LogP contribution in [0.5, 0.6) is 0 Å². The summed E-state index contributed by atoms with van der Waals surface area (Å²) < 4.78 is 0. The SMILES string of the molecule is CC(C)C[C@@H](NC(=O)Nc1ccccc1)C(=O)NCc1cccnc1. The summed E-state index contributed by atoms with van der Waals surface area (Å²) in [6.07, 6.45) is 3.94. The molecule has 0 saturated carbocycles. The number of hydrogen-bond donors (Lipinski definition) is 3. The van der Waals surface area contributed by atoms with Crippen molar-refractivity contribution in [3.63, 3.8) is 0 Å². The molecule has 3 amide bonds. The fraction of sp³-hybridized carbons (Fsp3) is 0.316. The second kappa shape index (κ2) is 9.42. The van der Waals surface area contributed by atoms with Crippen molar-refractivity contribution in [2.24, 2.45) is 5.92 Å². The summed E-state index contributed by atoms with van der Waals surface area (Å²) in [4.78, 5) is 28.7. The lowest BCUT2D eigenvalue weighted by atomic mass is 10.0. The van der Waals surface area contributed by atoms with Gasteiger partial charge in [-0.3, -0.25) is 9.78 Å². The molecule has 6 nitrogen and oxygen atoms in total. The van der Waals surface area contributed by atoms with Crippen molar-refractivity contribution < 1.29 is 9.59 Å². The number of nitrogens with zero attached hydrogens (tertiary/aromatic N) is 1. The average Bonchev–Trinajstić information content (AvgIpc) is 2.60. The Bertz CT molecular complexity index is 674. The average molecular weight is 340 g/mol. The highest BCUT2D eigenvalue weighted by molar-refractivity contribution is 5.93. The fourth-order valence-corrected chi connectivity index (χ4v) is 2.36. The van der Waals surface area contributed by atoms with Gasteiger partial charge in [-0.25, -0.2) is 4.79 Å². The van der Waals surface area contributed by atoms with Crippen LogP contribution in [0.1, 0.15) is 25.8 Å². The van der Waals surface area contributed by atoms with Gasteiger partial charge in [0.15, 0.2) is 0 Å². The summed E-state index contributed by atoms with van der Waals surface area (Å²) in [6.45, 7) is 4.40. The zero-order chi connectivity index (χ0) is 18.1. The molecule has 6 heteroatoms. The molecule has 132 valence electrons. The van der Waals surface area contributed by atoms with Crippen molar-refractivity contribution >= 4 is 17.6 Å². The van der Waals surface area contributed by atoms with E-state index < -0.39 is 12.1 Å². The van der Waals surface area contributed by atoms with Crippen LogP contribution in [-0.4, -0.2) is 23.0 Å². The highest BCUT2D eigenvalue weighted by Crippen LogP contribution is 2.08. The van der Waals surface area contributed by atoms with Gasteiger partial charge in [-0.2, -0.15) is 0 Å². The number of carbonyl (C=O) groups is 2. The fourth-order valence-electron chi connectivity index (χ4n) is 2.36. The molecule has 1 aromatic heterocycles. The molecule has 0 aliphatic heterocycles. The first-order valence-electron chi connectivity index (χ1n) is 8.34. The van der Waals surface area contributed by atoms with Crippen LogP contribution in [0.3, 0.4) is 0 Å². The Kier molecular flexibility index (Phi) is 6.95. The van der Waals surface area contributed by atoms with Gasteiger partial charge in [0.1, 0.15) is 6.04 Å². The highest BCUT2D eigenvalue weighted by atomic mass is 16.2. The van der Waals surface area contributed by atoms with Gasteiger partial charge in [-0.05, 0) is 36.1 Å². The van der Waals surface area contributed by atoms with Crippen LogP contribution in [-0.2, 0) is 11.3 Å². The van der Waals surface area contributed by atoms with E-state index in [9.17, 15) is 9.59 Å². The van der Waals surface area contributed by atoms with E-state index in [0.29, 0.717) is 18.7 Å². The monoisotopic (exact) mass is 340 g/mol. The molecule has 0 aliphatic carbocycles. The van der Waals surface area contributed by atoms with Crippen molar-refractivity contribution in [3.05, 3.63) is 60.4 Å². The van der Waals surface area contributed by atoms with Crippen LogP contribution >= 0.6 is 0 Å². The van der Waals surface area contributed by atoms with Gasteiger partial charge in [-0.1, -0.05) is 38.1 Å². The second-order valence-corrected chi connectivity index (χ2v) is 6.23. The maximum Gasteiger partial charge on any atom is 0.319 e. The Balaban J connectivity index is 1.92. The Morgan fingerprint density at radius 2 is 1.84 bits per heavy atom. The van der Waals surface area contributed by atoms with E-state index >= 15 is 0 Å². The largest absolute Gasteiger partial charge is 0.350 e. The summed E-state index contributed by atoms with van der Waals surface area (Å²) in [7, 11) is 0. The van der Waals surface area contributed by atoms with E-state index in [4.69, 9.17) is 0 Å². The number of benzene rings is 1. The number of urea groups is 1. The second-order valence-electron chi connectivity index (χ2n) is 6.23. The van der Waals surface area contributed by atoms with Gasteiger partial charge in [0.05, 0.1) is 0 Å². The maximum atomic E-state index is 12.5. The minimum atomic E-state index is -0.597. The van der Waals surface area contributed by atoms with Crippen molar-refractivity contribution in [3.8, 4) is 0 Å². The summed E-state index contributed by atoms with van der Waals surface area (Å²) in [6, 6.07) is 11.8. The minimum absolute atomic E-state index is 0.208. The first kappa shape index (κ1) is 18.4. The molecular weight excluding hydrogens is 316 g/mol. The molecule has 3 N–H and O–H groups in total. The van der Waals surface area contributed by atoms with Gasteiger partial charge in [0.2, 0.25) is 5.91 Å². The first-order chi connectivity index (χ1) is 12.0. The molecule has 0 radical (unpaired) electrons. The first-order valence-corrected chi connectivity index (χ1v) is 8.34. The smallest absolute Gasteiger partial charge is 0.319 e. The van der Waals surface area contributed by atoms with Crippen LogP contribution in [0.25, 0.3) is 0 Å². The van der Waals surface area contributed by atoms with Gasteiger partial charge in [0.25, 0.3) is 0 Å². The third kappa shape index (κ3) is 6.63. The normalized spacial score (nSPS) is 11.6. The van der Waals surface area contributed by atoms with Gasteiger partial charge < -0.3 is 16.0 Å². The summed E-state index contributed by atoms with van der Waals surface area (Å²) in [5.41, 5.74) is 1.59. The van der Waals surface area contributed by atoms with Crippen molar-refractivity contribution in [1.82, 2.24) is 15.6 Å². The number of amides is 3. The number of rotatable bonds is 7. The van der Waals surface area contributed by atoms with Crippen molar-refractivity contribution in [2.75, 3.05) is 5.32 Å². The number of anilines is 1. The molecule has 2 rings (SSSR count). The van der Waals surface area contributed by atoms with Gasteiger partial charge >= 0.3 is 6.03 Å². The number of nitrogens with one attached hydrogen (secondary N) is 3. The molecule has 2 aromatic rings. The molecule has 0 fully saturated rings. The predicted molar refractivity (Wildman–Crippen MR) is 97.9 cm³/mol. The number of aromatic nitrogens is 1. The summed E-state index contributed by atoms with van der Waals surface area (Å²) in [5, 5.41) is 8.34. The molecular formula is C19H24N4O2. The number of hydrogen-bond acceptors (Lipinski definition) is 3. The minimum Gasteiger partial charge on any atom is -0.350 e. The van der Waals surface area contributed by atoms with Crippen LogP contribution in [0.4, 0.5) is 10.5 Å². The number of para-hydroxylation sites is 1. The van der Waals surface area contributed by atoms with Crippen LogP contribution in [0, 0.1) is 5.92 Å². The van der Waals surface area contributed by atoms with Gasteiger partial charge in [0, 0.05) is 24.6 Å². The third-order valence-corrected chi connectivity index (χ3v) is 3.55. The lowest BCUT2D eigenvalue weighted by molar-refractivity contribution is -0.123. The van der Waals surface area contributed by atoms with Crippen LogP contribution < -0.4 is 16.0 Å². The molecule has 0 bridgehead atoms. The quantitative estimate of drug-likeness (QED) is 0.725. The molecule has 0 saturated heterocycles. The van der Waals surface area contributed by atoms with E-state index in [2.05, 4.69) is 20.9 Å². The van der Waals surface area contributed by atoms with E-state index in [1.165, 1.54) is 0 Å². The molecule has 0 aliphatic rings. The van der Waals surface area contributed by atoms with E-state index in [1.807, 2.05) is 44.2 Å². The van der Waals surface area contributed by atoms with E-state index in [0.717, 1.165) is 5.56 Å². The molecule has 1 heterocycles. The van der Waals surface area contributed by atoms with E-state index in [-0.39, 0.29) is 11.8 Å². The lowest BCUT2D eigenvalue weighted by Gasteiger charge is -2.20. The highest BCUT2D eigenvalue weighted by Gasteiger charge is 2.21. The molecule has 25 heavy (non-hydrogen) atoms. The number of pyridine rings is 1. The molecule has 0 unspecified atom stereocenters. The Morgan fingerprint density at radius 1 is 1.08 bits per heavy atom. The maximum absolute atomic E-state index is 12.5. The Labute approximate surface area is 148 Å². The molecule has 1 atom stereocenters. The predicted octanol–water partition coefficient (Wildman–Crippen LogP) is 2.93. The number of carbonyl (C=O) groups excluding carboxylic acids is 2. The molecule has 1 aromatic carbocycles. The standard InChI is InChI=1S/C19H24N4O2/c1-14(2)11-17(18(24)21-13-15-7-6-10-20-12-15)23-19(25)22-16-8-4-3-5-9-16/h3-10,12,14,17H,11,13H2,1-2H3,(H,21,24)(H2,22,23,25)/t17-/m1/s1. The van der Waals surface area contributed by atoms with Crippen molar-refractivity contribution in [1.29, 1.82) is 0 Å². The topological polar surface area (TPSA) is 83.1 Å². The van der Waals surface area contributed by atoms with E-state index in [1.54, 1.807) is 24.5 Å². The summed E-state index contributed by atoms with van der Waals surface area (Å²) in [5.74, 6) is 0.0620. The Hall–Kier alpha value is -2.89. The third-order valence-electron chi connectivity index (χ3n) is 3.55.